The van der Waals surface area contributed by atoms with E-state index in [0.717, 1.165) is 65.5 Å². The van der Waals surface area contributed by atoms with Crippen LogP contribution < -0.4 is 10.1 Å². The van der Waals surface area contributed by atoms with Crippen molar-refractivity contribution in [2.75, 3.05) is 38.0 Å². The zero-order chi connectivity index (χ0) is 30.8. The van der Waals surface area contributed by atoms with Gasteiger partial charge in [-0.3, -0.25) is 9.80 Å². The van der Waals surface area contributed by atoms with Crippen molar-refractivity contribution < 1.29 is 14.2 Å². The van der Waals surface area contributed by atoms with Crippen LogP contribution in [0.15, 0.2) is 85.5 Å². The standard InChI is InChI=1S/C35H36ClFN6O2/c36-32-18-28(5-9-34(32)45-22-24-2-1-3-27(37)16-24)40-35-31-17-25(4-8-33(31)38-23-39-35)26-10-11-42(19-26)21-30(44)20-41-12-14-43(15-13-41)29-6-7-29/h1-5,8-11,16-19,23,29-30,44H,6-7,12-15,20-22H2,(H,38,39,40). The molecule has 1 saturated heterocycles. The molecule has 0 spiro atoms. The summed E-state index contributed by atoms with van der Waals surface area (Å²) in [6.45, 7) is 5.73. The molecule has 10 heteroatoms. The number of rotatable bonds is 11. The second-order valence-corrected chi connectivity index (χ2v) is 12.4. The number of β-amino-alcohol motifs (C(OH)–C–C–N with tert-alkyl or cyclic N) is 1. The Kier molecular flexibility index (Phi) is 8.67. The highest BCUT2D eigenvalue weighted by molar-refractivity contribution is 6.32. The number of nitrogens with one attached hydrogen (secondary N) is 1. The fraction of sp³-hybridized carbons (Fsp3) is 0.314. The minimum atomic E-state index is -0.427. The van der Waals surface area contributed by atoms with Gasteiger partial charge in [0.1, 0.15) is 30.3 Å². The van der Waals surface area contributed by atoms with Crippen molar-refractivity contribution in [3.63, 3.8) is 0 Å². The minimum Gasteiger partial charge on any atom is -0.487 e. The van der Waals surface area contributed by atoms with E-state index < -0.39 is 6.10 Å². The molecule has 1 saturated carbocycles. The number of aliphatic hydroxyl groups excluding tert-OH is 1. The van der Waals surface area contributed by atoms with Crippen LogP contribution >= 0.6 is 11.6 Å². The molecule has 1 aliphatic heterocycles. The molecule has 1 unspecified atom stereocenters. The average molecular weight is 627 g/mol. The van der Waals surface area contributed by atoms with Gasteiger partial charge in [-0.05, 0) is 78.1 Å². The van der Waals surface area contributed by atoms with E-state index in [4.69, 9.17) is 16.3 Å². The monoisotopic (exact) mass is 626 g/mol. The SMILES string of the molecule is OC(CN1CCN(C2CC2)CC1)Cn1ccc(-c2ccc3ncnc(Nc4ccc(OCc5cccc(F)c5)c(Cl)c4)c3c2)c1. The smallest absolute Gasteiger partial charge is 0.141 e. The normalized spacial score (nSPS) is 16.6. The van der Waals surface area contributed by atoms with E-state index in [9.17, 15) is 9.50 Å². The number of ether oxygens (including phenoxy) is 1. The van der Waals surface area contributed by atoms with Gasteiger partial charge in [-0.25, -0.2) is 14.4 Å². The highest BCUT2D eigenvalue weighted by Crippen LogP contribution is 2.33. The number of nitrogens with zero attached hydrogens (tertiary/aromatic N) is 5. The Labute approximate surface area is 267 Å². The Hall–Kier alpha value is -4.02. The Bertz CT molecular complexity index is 1790. The summed E-state index contributed by atoms with van der Waals surface area (Å²) >= 11 is 6.53. The highest BCUT2D eigenvalue weighted by atomic mass is 35.5. The maximum atomic E-state index is 13.5. The second-order valence-electron chi connectivity index (χ2n) is 12.0. The molecule has 1 aliphatic carbocycles. The molecule has 8 nitrogen and oxygen atoms in total. The maximum Gasteiger partial charge on any atom is 0.141 e. The molecule has 2 aliphatic rings. The lowest BCUT2D eigenvalue weighted by atomic mass is 10.1. The van der Waals surface area contributed by atoms with Gasteiger partial charge in [0, 0.05) is 68.8 Å². The number of fused-ring (bicyclic) bond motifs is 1. The first-order valence-electron chi connectivity index (χ1n) is 15.5. The van der Waals surface area contributed by atoms with Crippen LogP contribution in [-0.4, -0.2) is 74.3 Å². The van der Waals surface area contributed by atoms with Crippen molar-refractivity contribution in [2.45, 2.75) is 38.1 Å². The third-order valence-corrected chi connectivity index (χ3v) is 8.85. The van der Waals surface area contributed by atoms with Crippen LogP contribution in [0.3, 0.4) is 0 Å². The quantitative estimate of drug-likeness (QED) is 0.177. The van der Waals surface area contributed by atoms with Crippen LogP contribution in [0.25, 0.3) is 22.0 Å². The molecule has 232 valence electrons. The third kappa shape index (κ3) is 7.28. The van der Waals surface area contributed by atoms with Gasteiger partial charge in [-0.15, -0.1) is 0 Å². The van der Waals surface area contributed by atoms with Crippen LogP contribution in [0.5, 0.6) is 5.75 Å². The summed E-state index contributed by atoms with van der Waals surface area (Å²) in [6, 6.07) is 20.7. The van der Waals surface area contributed by atoms with Crippen molar-refractivity contribution in [3.05, 3.63) is 102 Å². The van der Waals surface area contributed by atoms with E-state index in [2.05, 4.69) is 54.0 Å². The summed E-state index contributed by atoms with van der Waals surface area (Å²) in [5.74, 6) is 0.858. The third-order valence-electron chi connectivity index (χ3n) is 8.56. The fourth-order valence-corrected chi connectivity index (χ4v) is 6.27. The van der Waals surface area contributed by atoms with E-state index in [-0.39, 0.29) is 12.4 Å². The number of halogens is 2. The van der Waals surface area contributed by atoms with Gasteiger partial charge in [0.05, 0.1) is 16.6 Å². The first-order valence-corrected chi connectivity index (χ1v) is 15.8. The lowest BCUT2D eigenvalue weighted by Crippen LogP contribution is -2.49. The average Bonchev–Trinajstić information content (AvgIpc) is 3.79. The number of anilines is 2. The highest BCUT2D eigenvalue weighted by Gasteiger charge is 2.31. The molecule has 0 amide bonds. The summed E-state index contributed by atoms with van der Waals surface area (Å²) < 4.78 is 21.4. The van der Waals surface area contributed by atoms with E-state index >= 15 is 0 Å². The summed E-state index contributed by atoms with van der Waals surface area (Å²) in [5.41, 5.74) is 4.37. The molecule has 2 fully saturated rings. The number of hydrogen-bond acceptors (Lipinski definition) is 7. The topological polar surface area (TPSA) is 78.7 Å². The molecule has 2 N–H and O–H groups in total. The Morgan fingerprint density at radius 3 is 2.62 bits per heavy atom. The van der Waals surface area contributed by atoms with Gasteiger partial charge in [0.15, 0.2) is 0 Å². The predicted molar refractivity (Wildman–Crippen MR) is 175 cm³/mol. The van der Waals surface area contributed by atoms with Crippen LogP contribution in [0.1, 0.15) is 18.4 Å². The van der Waals surface area contributed by atoms with Gasteiger partial charge >= 0.3 is 0 Å². The maximum absolute atomic E-state index is 13.5. The van der Waals surface area contributed by atoms with Crippen LogP contribution in [0.2, 0.25) is 5.02 Å². The zero-order valence-electron chi connectivity index (χ0n) is 24.9. The molecular formula is C35H36ClFN6O2. The van der Waals surface area contributed by atoms with Gasteiger partial charge in [0.2, 0.25) is 0 Å². The summed E-state index contributed by atoms with van der Waals surface area (Å²) in [6.07, 6.45) is 7.90. The van der Waals surface area contributed by atoms with Gasteiger partial charge in [-0.1, -0.05) is 29.8 Å². The molecule has 2 aromatic heterocycles. The molecule has 3 aromatic carbocycles. The molecule has 5 aromatic rings. The second kappa shape index (κ2) is 13.1. The van der Waals surface area contributed by atoms with E-state index in [1.807, 2.05) is 18.3 Å². The van der Waals surface area contributed by atoms with Crippen molar-refractivity contribution in [1.29, 1.82) is 0 Å². The predicted octanol–water partition coefficient (Wildman–Crippen LogP) is 6.35. The van der Waals surface area contributed by atoms with Gasteiger partial charge in [0.25, 0.3) is 0 Å². The molecule has 45 heavy (non-hydrogen) atoms. The molecule has 0 radical (unpaired) electrons. The molecular weight excluding hydrogens is 591 g/mol. The first kappa shape index (κ1) is 29.7. The van der Waals surface area contributed by atoms with Crippen molar-refractivity contribution >= 4 is 34.0 Å². The van der Waals surface area contributed by atoms with E-state index in [1.165, 1.54) is 31.3 Å². The molecule has 1 atom stereocenters. The lowest BCUT2D eigenvalue weighted by Gasteiger charge is -2.35. The Morgan fingerprint density at radius 2 is 1.82 bits per heavy atom. The fourth-order valence-electron chi connectivity index (χ4n) is 6.03. The van der Waals surface area contributed by atoms with Crippen LogP contribution in [0.4, 0.5) is 15.9 Å². The van der Waals surface area contributed by atoms with E-state index in [0.29, 0.717) is 29.7 Å². The first-order chi connectivity index (χ1) is 22.0. The largest absolute Gasteiger partial charge is 0.487 e. The van der Waals surface area contributed by atoms with Crippen LogP contribution in [0, 0.1) is 5.82 Å². The Morgan fingerprint density at radius 1 is 0.956 bits per heavy atom. The number of piperazine rings is 1. The lowest BCUT2D eigenvalue weighted by molar-refractivity contribution is 0.0622. The Balaban J connectivity index is 1.00. The summed E-state index contributed by atoms with van der Waals surface area (Å²) in [7, 11) is 0. The number of hydrogen-bond donors (Lipinski definition) is 2. The molecule has 3 heterocycles. The molecule has 0 bridgehead atoms. The van der Waals surface area contributed by atoms with E-state index in [1.54, 1.807) is 24.3 Å². The van der Waals surface area contributed by atoms with Gasteiger partial charge in [-0.2, -0.15) is 0 Å². The number of benzene rings is 3. The van der Waals surface area contributed by atoms with Crippen molar-refractivity contribution in [2.24, 2.45) is 0 Å². The summed E-state index contributed by atoms with van der Waals surface area (Å²) in [4.78, 5) is 13.9. The van der Waals surface area contributed by atoms with Crippen molar-refractivity contribution in [1.82, 2.24) is 24.3 Å². The number of aliphatic hydroxyl groups is 1. The van der Waals surface area contributed by atoms with Gasteiger partial charge < -0.3 is 19.7 Å². The number of aromatic nitrogens is 3. The zero-order valence-corrected chi connectivity index (χ0v) is 25.7. The van der Waals surface area contributed by atoms with Crippen LogP contribution in [-0.2, 0) is 13.2 Å². The summed E-state index contributed by atoms with van der Waals surface area (Å²) in [5, 5.41) is 15.5. The molecule has 7 rings (SSSR count). The minimum absolute atomic E-state index is 0.210. The van der Waals surface area contributed by atoms with Crippen molar-refractivity contribution in [3.8, 4) is 16.9 Å².